The number of halogens is 3. The van der Waals surface area contributed by atoms with Crippen molar-refractivity contribution < 1.29 is 32.2 Å². The van der Waals surface area contributed by atoms with Gasteiger partial charge in [0.1, 0.15) is 17.2 Å². The van der Waals surface area contributed by atoms with E-state index in [2.05, 4.69) is 9.88 Å². The second kappa shape index (κ2) is 10.9. The molecule has 0 bridgehead atoms. The van der Waals surface area contributed by atoms with E-state index in [4.69, 9.17) is 13.9 Å². The first-order valence-electron chi connectivity index (χ1n) is 12.4. The smallest absolute Gasteiger partial charge is 0.453 e. The lowest BCUT2D eigenvalue weighted by atomic mass is 10.1. The summed E-state index contributed by atoms with van der Waals surface area (Å²) in [6.45, 7) is 4.46. The predicted molar refractivity (Wildman–Crippen MR) is 139 cm³/mol. The first-order chi connectivity index (χ1) is 18.8. The van der Waals surface area contributed by atoms with E-state index >= 15 is 0 Å². The SMILES string of the molecule is CCOc1ccccc1Oc1c(C(F)(F)F)oc2c(CN3CCN(c4ccccn4)CC3)c(O)ccc2c1=O. The molecule has 0 unspecified atom stereocenters. The number of hydrogen-bond acceptors (Lipinski definition) is 8. The van der Waals surface area contributed by atoms with Gasteiger partial charge in [0.2, 0.25) is 11.2 Å². The molecule has 3 heterocycles. The summed E-state index contributed by atoms with van der Waals surface area (Å²) in [5.74, 6) is -1.88. The molecule has 39 heavy (non-hydrogen) atoms. The highest BCUT2D eigenvalue weighted by Gasteiger charge is 2.41. The van der Waals surface area contributed by atoms with Crippen LogP contribution in [0.25, 0.3) is 11.0 Å². The minimum Gasteiger partial charge on any atom is -0.507 e. The van der Waals surface area contributed by atoms with E-state index in [1.807, 2.05) is 23.1 Å². The van der Waals surface area contributed by atoms with Gasteiger partial charge in [-0.1, -0.05) is 18.2 Å². The zero-order valence-corrected chi connectivity index (χ0v) is 21.1. The van der Waals surface area contributed by atoms with E-state index in [1.165, 1.54) is 24.3 Å². The molecule has 0 aliphatic carbocycles. The normalized spacial score (nSPS) is 14.5. The largest absolute Gasteiger partial charge is 0.507 e. The van der Waals surface area contributed by atoms with Gasteiger partial charge in [-0.2, -0.15) is 13.2 Å². The van der Waals surface area contributed by atoms with Gasteiger partial charge in [0.15, 0.2) is 11.5 Å². The van der Waals surface area contributed by atoms with Crippen LogP contribution in [-0.2, 0) is 12.7 Å². The highest BCUT2D eigenvalue weighted by Crippen LogP contribution is 2.41. The minimum atomic E-state index is -5.04. The maximum Gasteiger partial charge on any atom is 0.453 e. The summed E-state index contributed by atoms with van der Waals surface area (Å²) in [7, 11) is 0. The number of para-hydroxylation sites is 2. The fourth-order valence-corrected chi connectivity index (χ4v) is 4.54. The van der Waals surface area contributed by atoms with Gasteiger partial charge in [-0.15, -0.1) is 0 Å². The van der Waals surface area contributed by atoms with Crippen molar-refractivity contribution in [3.8, 4) is 23.0 Å². The number of anilines is 1. The highest BCUT2D eigenvalue weighted by molar-refractivity contribution is 5.83. The van der Waals surface area contributed by atoms with Crippen LogP contribution in [0.3, 0.4) is 0 Å². The Morgan fingerprint density at radius 1 is 1.00 bits per heavy atom. The summed E-state index contributed by atoms with van der Waals surface area (Å²) in [5, 5.41) is 10.5. The fraction of sp³-hybridized carbons (Fsp3) is 0.286. The third kappa shape index (κ3) is 5.49. The van der Waals surface area contributed by atoms with Crippen molar-refractivity contribution in [2.75, 3.05) is 37.7 Å². The van der Waals surface area contributed by atoms with Crippen LogP contribution in [-0.4, -0.2) is 47.8 Å². The highest BCUT2D eigenvalue weighted by atomic mass is 19.4. The van der Waals surface area contributed by atoms with Crippen LogP contribution in [0.4, 0.5) is 19.0 Å². The summed E-state index contributed by atoms with van der Waals surface area (Å²) in [6, 6.07) is 14.3. The van der Waals surface area contributed by atoms with E-state index in [0.717, 1.165) is 5.82 Å². The van der Waals surface area contributed by atoms with Gasteiger partial charge in [0.25, 0.3) is 5.76 Å². The number of aromatic nitrogens is 1. The summed E-state index contributed by atoms with van der Waals surface area (Å²) in [5.41, 5.74) is -1.23. The molecule has 1 N–H and O–H groups in total. The Labute approximate surface area is 221 Å². The van der Waals surface area contributed by atoms with Crippen LogP contribution in [0.1, 0.15) is 18.2 Å². The van der Waals surface area contributed by atoms with Gasteiger partial charge >= 0.3 is 6.18 Å². The Balaban J connectivity index is 1.50. The van der Waals surface area contributed by atoms with Crippen molar-refractivity contribution in [2.45, 2.75) is 19.6 Å². The molecule has 2 aromatic heterocycles. The molecular formula is C28H26F3N3O5. The average molecular weight is 542 g/mol. The molecule has 1 saturated heterocycles. The molecule has 0 atom stereocenters. The Kier molecular flexibility index (Phi) is 7.34. The number of phenols is 1. The second-order valence-electron chi connectivity index (χ2n) is 8.96. The van der Waals surface area contributed by atoms with Gasteiger partial charge in [0, 0.05) is 38.9 Å². The van der Waals surface area contributed by atoms with Crippen LogP contribution in [0.5, 0.6) is 23.0 Å². The Bertz CT molecular complexity index is 1520. The van der Waals surface area contributed by atoms with Crippen molar-refractivity contribution in [3.63, 3.8) is 0 Å². The van der Waals surface area contributed by atoms with Gasteiger partial charge < -0.3 is 23.9 Å². The number of aromatic hydroxyl groups is 1. The predicted octanol–water partition coefficient (Wildman–Crippen LogP) is 5.43. The van der Waals surface area contributed by atoms with Crippen molar-refractivity contribution in [1.82, 2.24) is 9.88 Å². The molecule has 0 amide bonds. The molecule has 0 spiro atoms. The first-order valence-corrected chi connectivity index (χ1v) is 12.4. The lowest BCUT2D eigenvalue weighted by Crippen LogP contribution is -2.46. The first kappa shape index (κ1) is 26.4. The number of rotatable bonds is 7. The molecule has 0 radical (unpaired) electrons. The number of pyridine rings is 1. The number of piperazine rings is 1. The lowest BCUT2D eigenvalue weighted by molar-refractivity contribution is -0.154. The Morgan fingerprint density at radius 3 is 2.38 bits per heavy atom. The number of alkyl halides is 3. The standard InChI is InChI=1S/C28H26F3N3O5/c1-2-37-21-7-3-4-8-22(21)38-26-24(36)18-10-11-20(35)19(25(18)39-27(26)28(29,30)31)17-33-13-15-34(16-14-33)23-9-5-6-12-32-23/h3-12,35H,2,13-17H2,1H3. The quantitative estimate of drug-likeness (QED) is 0.332. The molecule has 2 aromatic carbocycles. The maximum absolute atomic E-state index is 14.2. The summed E-state index contributed by atoms with van der Waals surface area (Å²) in [6.07, 6.45) is -3.33. The number of hydrogen-bond donors (Lipinski definition) is 1. The van der Waals surface area contributed by atoms with Gasteiger partial charge in [0.05, 0.1) is 17.6 Å². The molecule has 204 valence electrons. The molecule has 4 aromatic rings. The third-order valence-corrected chi connectivity index (χ3v) is 6.44. The number of fused-ring (bicyclic) bond motifs is 1. The van der Waals surface area contributed by atoms with E-state index in [9.17, 15) is 23.1 Å². The Morgan fingerprint density at radius 2 is 1.72 bits per heavy atom. The van der Waals surface area contributed by atoms with Gasteiger partial charge in [-0.05, 0) is 43.3 Å². The average Bonchev–Trinajstić information content (AvgIpc) is 2.93. The monoisotopic (exact) mass is 541 g/mol. The van der Waals surface area contributed by atoms with Gasteiger partial charge in [-0.25, -0.2) is 4.98 Å². The zero-order valence-electron chi connectivity index (χ0n) is 21.1. The molecule has 1 aliphatic rings. The topological polar surface area (TPSA) is 88.3 Å². The van der Waals surface area contributed by atoms with Crippen LogP contribution in [0.2, 0.25) is 0 Å². The van der Waals surface area contributed by atoms with Crippen LogP contribution in [0, 0.1) is 0 Å². The van der Waals surface area contributed by atoms with Crippen LogP contribution < -0.4 is 19.8 Å². The van der Waals surface area contributed by atoms with Crippen LogP contribution in [0.15, 0.2) is 70.0 Å². The van der Waals surface area contributed by atoms with Crippen molar-refractivity contribution in [2.24, 2.45) is 0 Å². The number of benzene rings is 2. The second-order valence-corrected chi connectivity index (χ2v) is 8.96. The molecule has 1 fully saturated rings. The fourth-order valence-electron chi connectivity index (χ4n) is 4.54. The lowest BCUT2D eigenvalue weighted by Gasteiger charge is -2.35. The third-order valence-electron chi connectivity index (χ3n) is 6.44. The molecule has 11 heteroatoms. The summed E-state index contributed by atoms with van der Waals surface area (Å²) < 4.78 is 58.8. The van der Waals surface area contributed by atoms with Crippen molar-refractivity contribution in [3.05, 3.63) is 82.3 Å². The summed E-state index contributed by atoms with van der Waals surface area (Å²) >= 11 is 0. The molecule has 5 rings (SSSR count). The molecule has 1 aliphatic heterocycles. The number of ether oxygens (including phenoxy) is 2. The van der Waals surface area contributed by atoms with Crippen molar-refractivity contribution >= 4 is 16.8 Å². The van der Waals surface area contributed by atoms with Crippen molar-refractivity contribution in [1.29, 1.82) is 0 Å². The molecular weight excluding hydrogens is 515 g/mol. The minimum absolute atomic E-state index is 0.0544. The van der Waals surface area contributed by atoms with E-state index in [1.54, 1.807) is 25.3 Å². The van der Waals surface area contributed by atoms with E-state index < -0.39 is 23.1 Å². The molecule has 0 saturated carbocycles. The zero-order chi connectivity index (χ0) is 27.6. The molecule has 8 nitrogen and oxygen atoms in total. The maximum atomic E-state index is 14.2. The van der Waals surface area contributed by atoms with E-state index in [0.29, 0.717) is 26.2 Å². The van der Waals surface area contributed by atoms with Gasteiger partial charge in [-0.3, -0.25) is 9.69 Å². The van der Waals surface area contributed by atoms with Crippen LogP contribution >= 0.6 is 0 Å². The Hall–Kier alpha value is -4.25. The summed E-state index contributed by atoms with van der Waals surface area (Å²) in [4.78, 5) is 21.8. The number of phenolic OH excluding ortho intramolecular Hbond substituents is 1. The number of nitrogens with zero attached hydrogens (tertiary/aromatic N) is 3. The van der Waals surface area contributed by atoms with E-state index in [-0.39, 0.29) is 46.9 Å².